The van der Waals surface area contributed by atoms with E-state index < -0.39 is 0 Å². The van der Waals surface area contributed by atoms with Crippen LogP contribution in [0.3, 0.4) is 0 Å². The first-order chi connectivity index (χ1) is 9.63. The topological polar surface area (TPSA) is 34.2 Å². The van der Waals surface area contributed by atoms with E-state index in [0.717, 1.165) is 28.9 Å². The van der Waals surface area contributed by atoms with Crippen LogP contribution in [0.1, 0.15) is 24.1 Å². The Morgan fingerprint density at radius 1 is 1.40 bits per heavy atom. The lowest BCUT2D eigenvalue weighted by molar-refractivity contribution is 0.357. The molecule has 1 aromatic carbocycles. The maximum Gasteiger partial charge on any atom is 0.152 e. The summed E-state index contributed by atoms with van der Waals surface area (Å²) < 4.78 is 6.43. The highest BCUT2D eigenvalue weighted by Crippen LogP contribution is 2.31. The molecule has 0 spiro atoms. The second-order valence-corrected chi connectivity index (χ2v) is 6.10. The van der Waals surface area contributed by atoms with E-state index in [1.54, 1.807) is 6.20 Å². The summed E-state index contributed by atoms with van der Waals surface area (Å²) in [6, 6.07) is 8.40. The molecule has 1 unspecified atom stereocenters. The van der Waals surface area contributed by atoms with Crippen LogP contribution in [0.15, 0.2) is 34.9 Å². The molecule has 0 bridgehead atoms. The van der Waals surface area contributed by atoms with E-state index in [-0.39, 0.29) is 6.04 Å². The average Bonchev–Trinajstić information content (AvgIpc) is 2.90. The number of halogens is 2. The third-order valence-corrected chi connectivity index (χ3v) is 4.13. The summed E-state index contributed by atoms with van der Waals surface area (Å²) in [7, 11) is 0. The molecule has 20 heavy (non-hydrogen) atoms. The van der Waals surface area contributed by atoms with Crippen LogP contribution < -0.4 is 10.1 Å². The lowest BCUT2D eigenvalue weighted by Gasteiger charge is -2.17. The first kappa shape index (κ1) is 13.7. The van der Waals surface area contributed by atoms with Crippen molar-refractivity contribution in [2.75, 3.05) is 11.9 Å². The zero-order valence-corrected chi connectivity index (χ0v) is 13.3. The van der Waals surface area contributed by atoms with Crippen LogP contribution in [-0.2, 0) is 6.42 Å². The van der Waals surface area contributed by atoms with Crippen molar-refractivity contribution in [1.29, 1.82) is 0 Å². The van der Waals surface area contributed by atoms with Crippen molar-refractivity contribution in [2.24, 2.45) is 0 Å². The normalized spacial score (nSPS) is 14.6. The summed E-state index contributed by atoms with van der Waals surface area (Å²) >= 11 is 9.51. The van der Waals surface area contributed by atoms with Gasteiger partial charge >= 0.3 is 0 Å². The van der Waals surface area contributed by atoms with Gasteiger partial charge in [0.2, 0.25) is 0 Å². The Kier molecular flexibility index (Phi) is 3.85. The van der Waals surface area contributed by atoms with Crippen molar-refractivity contribution in [3.05, 3.63) is 51.2 Å². The number of nitrogens with one attached hydrogen (secondary N) is 1. The molecule has 104 valence electrons. The fraction of sp³-hybridized carbons (Fsp3) is 0.267. The van der Waals surface area contributed by atoms with Crippen molar-refractivity contribution in [3.63, 3.8) is 0 Å². The van der Waals surface area contributed by atoms with Crippen molar-refractivity contribution in [2.45, 2.75) is 19.4 Å². The number of nitrogens with zero attached hydrogens (tertiary/aromatic N) is 1. The summed E-state index contributed by atoms with van der Waals surface area (Å²) in [6.07, 6.45) is 2.67. The number of hydrogen-bond acceptors (Lipinski definition) is 3. The number of pyridine rings is 1. The molecule has 0 amide bonds. The minimum absolute atomic E-state index is 0.148. The van der Waals surface area contributed by atoms with Gasteiger partial charge in [0.1, 0.15) is 5.75 Å². The maximum atomic E-state index is 6.11. The molecule has 0 radical (unpaired) electrons. The van der Waals surface area contributed by atoms with Crippen LogP contribution in [0.25, 0.3) is 0 Å². The molecule has 2 aromatic rings. The lowest BCUT2D eigenvalue weighted by atomic mass is 10.0. The molecule has 0 saturated carbocycles. The summed E-state index contributed by atoms with van der Waals surface area (Å²) in [5.74, 6) is 1.00. The Hall–Kier alpha value is -1.26. The fourth-order valence-corrected chi connectivity index (χ4v) is 2.81. The predicted molar refractivity (Wildman–Crippen MR) is 84.6 cm³/mol. The Morgan fingerprint density at radius 2 is 2.25 bits per heavy atom. The largest absolute Gasteiger partial charge is 0.493 e. The van der Waals surface area contributed by atoms with Gasteiger partial charge in [-0.1, -0.05) is 17.7 Å². The van der Waals surface area contributed by atoms with Crippen molar-refractivity contribution < 1.29 is 4.74 Å². The third-order valence-electron chi connectivity index (χ3n) is 3.39. The molecule has 3 rings (SSSR count). The molecule has 2 heterocycles. The Labute approximate surface area is 131 Å². The van der Waals surface area contributed by atoms with E-state index in [2.05, 4.69) is 45.3 Å². The zero-order chi connectivity index (χ0) is 14.1. The second kappa shape index (κ2) is 5.62. The van der Waals surface area contributed by atoms with Crippen LogP contribution in [-0.4, -0.2) is 11.6 Å². The van der Waals surface area contributed by atoms with Crippen LogP contribution in [0.2, 0.25) is 5.15 Å². The van der Waals surface area contributed by atoms with Crippen molar-refractivity contribution in [1.82, 2.24) is 4.98 Å². The minimum Gasteiger partial charge on any atom is -0.493 e. The predicted octanol–water partition coefficient (Wildman–Crippen LogP) is 4.61. The van der Waals surface area contributed by atoms with Crippen LogP contribution >= 0.6 is 27.5 Å². The van der Waals surface area contributed by atoms with Gasteiger partial charge < -0.3 is 10.1 Å². The highest BCUT2D eigenvalue weighted by Gasteiger charge is 2.15. The van der Waals surface area contributed by atoms with E-state index in [0.29, 0.717) is 5.15 Å². The molecule has 1 aliphatic rings. The Balaban J connectivity index is 1.82. The summed E-state index contributed by atoms with van der Waals surface area (Å²) in [4.78, 5) is 4.12. The van der Waals surface area contributed by atoms with Gasteiger partial charge in [0, 0.05) is 23.1 Å². The molecular weight excluding hydrogens is 340 g/mol. The monoisotopic (exact) mass is 352 g/mol. The van der Waals surface area contributed by atoms with Gasteiger partial charge in [-0.3, -0.25) is 0 Å². The van der Waals surface area contributed by atoms with E-state index >= 15 is 0 Å². The van der Waals surface area contributed by atoms with Gasteiger partial charge in [-0.05, 0) is 52.2 Å². The molecule has 0 fully saturated rings. The van der Waals surface area contributed by atoms with Crippen LogP contribution in [0.5, 0.6) is 5.75 Å². The van der Waals surface area contributed by atoms with Gasteiger partial charge in [0.05, 0.1) is 12.3 Å². The number of hydrogen-bond donors (Lipinski definition) is 1. The highest BCUT2D eigenvalue weighted by atomic mass is 79.9. The Bertz CT molecular complexity index is 648. The van der Waals surface area contributed by atoms with E-state index in [9.17, 15) is 0 Å². The fourth-order valence-electron chi connectivity index (χ4n) is 2.32. The summed E-state index contributed by atoms with van der Waals surface area (Å²) in [5.41, 5.74) is 3.31. The molecule has 3 nitrogen and oxygen atoms in total. The van der Waals surface area contributed by atoms with Gasteiger partial charge in [-0.2, -0.15) is 0 Å². The van der Waals surface area contributed by atoms with E-state index in [1.165, 1.54) is 11.1 Å². The second-order valence-electron chi connectivity index (χ2n) is 4.82. The number of rotatable bonds is 3. The van der Waals surface area contributed by atoms with Crippen molar-refractivity contribution in [3.8, 4) is 5.75 Å². The Morgan fingerprint density at radius 3 is 3.10 bits per heavy atom. The average molecular weight is 354 g/mol. The zero-order valence-electron chi connectivity index (χ0n) is 11.0. The van der Waals surface area contributed by atoms with Crippen LogP contribution in [0, 0.1) is 0 Å². The molecule has 0 aliphatic carbocycles. The number of ether oxygens (including phenoxy) is 1. The minimum atomic E-state index is 0.148. The van der Waals surface area contributed by atoms with Gasteiger partial charge in [-0.25, -0.2) is 4.98 Å². The van der Waals surface area contributed by atoms with Gasteiger partial charge in [-0.15, -0.1) is 0 Å². The molecule has 1 N–H and O–H groups in total. The van der Waals surface area contributed by atoms with Gasteiger partial charge in [0.15, 0.2) is 5.15 Å². The number of benzene rings is 1. The first-order valence-electron chi connectivity index (χ1n) is 6.46. The molecule has 5 heteroatoms. The quantitative estimate of drug-likeness (QED) is 0.819. The molecule has 1 aliphatic heterocycles. The first-order valence-corrected chi connectivity index (χ1v) is 7.64. The van der Waals surface area contributed by atoms with Crippen molar-refractivity contribution >= 4 is 33.2 Å². The van der Waals surface area contributed by atoms with E-state index in [4.69, 9.17) is 16.3 Å². The van der Waals surface area contributed by atoms with E-state index in [1.807, 2.05) is 12.1 Å². The third kappa shape index (κ3) is 2.76. The number of fused-ring (bicyclic) bond motifs is 1. The van der Waals surface area contributed by atoms with Crippen LogP contribution in [0.4, 0.5) is 5.69 Å². The van der Waals surface area contributed by atoms with Gasteiger partial charge in [0.25, 0.3) is 0 Å². The number of aromatic nitrogens is 1. The lowest BCUT2D eigenvalue weighted by Crippen LogP contribution is -2.07. The number of anilines is 1. The smallest absolute Gasteiger partial charge is 0.152 e. The highest BCUT2D eigenvalue weighted by molar-refractivity contribution is 9.10. The molecule has 0 saturated heterocycles. The summed E-state index contributed by atoms with van der Waals surface area (Å²) in [6.45, 7) is 2.89. The standard InChI is InChI=1S/C15H14BrClN2O/c1-9(19-13-7-12(16)8-18-15(13)17)10-2-3-14-11(6-10)4-5-20-14/h2-3,6-9,19H,4-5H2,1H3. The molecule has 1 aromatic heterocycles. The SMILES string of the molecule is CC(Nc1cc(Br)cnc1Cl)c1ccc2c(c1)CCO2. The summed E-state index contributed by atoms with van der Waals surface area (Å²) in [5, 5.41) is 3.87. The molecule has 1 atom stereocenters. The maximum absolute atomic E-state index is 6.11. The molecular formula is C15H14BrClN2O.